The molecule has 0 radical (unpaired) electrons. The Kier molecular flexibility index (Phi) is 4.25. The van der Waals surface area contributed by atoms with Crippen molar-refractivity contribution in [1.29, 1.82) is 0 Å². The lowest BCUT2D eigenvalue weighted by molar-refractivity contribution is 0.599. The zero-order valence-corrected chi connectivity index (χ0v) is 13.8. The van der Waals surface area contributed by atoms with E-state index in [1.807, 2.05) is 13.0 Å². The molecule has 7 heteroatoms. The molecule has 0 bridgehead atoms. The Hall–Kier alpha value is -1.60. The number of halogens is 2. The fraction of sp³-hybridized carbons (Fsp3) is 0.143. The van der Waals surface area contributed by atoms with Crippen LogP contribution in [-0.4, -0.2) is 8.42 Å². The Labute approximate surface area is 131 Å². The zero-order chi connectivity index (χ0) is 15.8. The molecule has 0 aliphatic rings. The van der Waals surface area contributed by atoms with Crippen LogP contribution in [0, 0.1) is 19.7 Å². The number of nitrogens with two attached hydrogens (primary N) is 1. The maximum absolute atomic E-state index is 13.5. The molecule has 0 aliphatic carbocycles. The minimum absolute atomic E-state index is 0.0727. The van der Waals surface area contributed by atoms with Gasteiger partial charge in [-0.25, -0.2) is 12.8 Å². The fourth-order valence-corrected chi connectivity index (χ4v) is 3.69. The maximum atomic E-state index is 13.5. The van der Waals surface area contributed by atoms with Gasteiger partial charge in [0.1, 0.15) is 5.82 Å². The third-order valence-electron chi connectivity index (χ3n) is 2.86. The van der Waals surface area contributed by atoms with E-state index in [-0.39, 0.29) is 16.1 Å². The second-order valence-corrected chi connectivity index (χ2v) is 7.36. The van der Waals surface area contributed by atoms with Gasteiger partial charge in [-0.2, -0.15) is 0 Å². The molecule has 0 fully saturated rings. The molecular formula is C14H14BrFN2O2S. The molecule has 3 N–H and O–H groups in total. The van der Waals surface area contributed by atoms with Crippen LogP contribution in [0.15, 0.2) is 39.7 Å². The van der Waals surface area contributed by atoms with E-state index in [0.29, 0.717) is 5.69 Å². The SMILES string of the molecule is Cc1cc(Br)cc(NS(=O)(=O)c2cc(C)c(F)c(N)c2)c1. The van der Waals surface area contributed by atoms with Gasteiger partial charge in [0.15, 0.2) is 0 Å². The molecule has 0 aromatic heterocycles. The summed E-state index contributed by atoms with van der Waals surface area (Å²) < 4.78 is 41.4. The van der Waals surface area contributed by atoms with Crippen LogP contribution in [-0.2, 0) is 10.0 Å². The summed E-state index contributed by atoms with van der Waals surface area (Å²) in [5, 5.41) is 0. The Bertz CT molecular complexity index is 763. The lowest BCUT2D eigenvalue weighted by atomic mass is 10.2. The molecule has 0 amide bonds. The van der Waals surface area contributed by atoms with E-state index in [1.54, 1.807) is 12.1 Å². The first-order valence-corrected chi connectivity index (χ1v) is 8.32. The van der Waals surface area contributed by atoms with E-state index in [2.05, 4.69) is 20.7 Å². The smallest absolute Gasteiger partial charge is 0.261 e. The summed E-state index contributed by atoms with van der Waals surface area (Å²) >= 11 is 3.31. The van der Waals surface area contributed by atoms with Crippen molar-refractivity contribution in [3.63, 3.8) is 0 Å². The normalized spacial score (nSPS) is 11.4. The molecule has 2 aromatic rings. The van der Waals surface area contributed by atoms with E-state index in [0.717, 1.165) is 16.1 Å². The summed E-state index contributed by atoms with van der Waals surface area (Å²) in [6.07, 6.45) is 0. The van der Waals surface area contributed by atoms with Crippen LogP contribution in [0.4, 0.5) is 15.8 Å². The number of sulfonamides is 1. The maximum Gasteiger partial charge on any atom is 0.261 e. The van der Waals surface area contributed by atoms with Crippen molar-refractivity contribution in [2.45, 2.75) is 18.7 Å². The summed E-state index contributed by atoms with van der Waals surface area (Å²) in [6.45, 7) is 3.32. The predicted octanol–water partition coefficient (Wildman–Crippen LogP) is 3.59. The highest BCUT2D eigenvalue weighted by Crippen LogP contribution is 2.25. The van der Waals surface area contributed by atoms with Crippen molar-refractivity contribution in [2.24, 2.45) is 0 Å². The largest absolute Gasteiger partial charge is 0.396 e. The van der Waals surface area contributed by atoms with Crippen LogP contribution < -0.4 is 10.5 Å². The van der Waals surface area contributed by atoms with Crippen LogP contribution in [0.25, 0.3) is 0 Å². The van der Waals surface area contributed by atoms with Crippen LogP contribution in [0.2, 0.25) is 0 Å². The number of nitrogen functional groups attached to an aromatic ring is 1. The highest BCUT2D eigenvalue weighted by molar-refractivity contribution is 9.10. The van der Waals surface area contributed by atoms with Crippen LogP contribution >= 0.6 is 15.9 Å². The number of anilines is 2. The number of hydrogen-bond donors (Lipinski definition) is 2. The van der Waals surface area contributed by atoms with E-state index in [1.165, 1.54) is 13.0 Å². The highest BCUT2D eigenvalue weighted by atomic mass is 79.9. The summed E-state index contributed by atoms with van der Waals surface area (Å²) in [5.41, 5.74) is 6.79. The fourth-order valence-electron chi connectivity index (χ4n) is 1.93. The molecule has 0 saturated carbocycles. The van der Waals surface area contributed by atoms with Gasteiger partial charge >= 0.3 is 0 Å². The van der Waals surface area contributed by atoms with Gasteiger partial charge < -0.3 is 5.73 Å². The van der Waals surface area contributed by atoms with Crippen LogP contribution in [0.5, 0.6) is 0 Å². The number of hydrogen-bond acceptors (Lipinski definition) is 3. The Morgan fingerprint density at radius 2 is 1.81 bits per heavy atom. The lowest BCUT2D eigenvalue weighted by Crippen LogP contribution is -2.14. The zero-order valence-electron chi connectivity index (χ0n) is 11.4. The number of rotatable bonds is 3. The van der Waals surface area contributed by atoms with Crippen molar-refractivity contribution in [3.8, 4) is 0 Å². The standard InChI is InChI=1S/C14H14BrFN2O2S/c1-8-3-10(15)6-11(4-8)18-21(19,20)12-5-9(2)14(16)13(17)7-12/h3-7,18H,17H2,1-2H3. The first-order chi connectivity index (χ1) is 9.69. The van der Waals surface area contributed by atoms with Gasteiger partial charge in [0, 0.05) is 4.47 Å². The third kappa shape index (κ3) is 3.54. The summed E-state index contributed by atoms with van der Waals surface area (Å²) in [5.74, 6) is -0.604. The van der Waals surface area contributed by atoms with Gasteiger partial charge in [0.05, 0.1) is 16.3 Å². The number of benzene rings is 2. The second kappa shape index (κ2) is 5.65. The lowest BCUT2D eigenvalue weighted by Gasteiger charge is -2.11. The third-order valence-corrected chi connectivity index (χ3v) is 4.68. The minimum atomic E-state index is -3.83. The molecule has 4 nitrogen and oxygen atoms in total. The van der Waals surface area contributed by atoms with Gasteiger partial charge in [-0.05, 0) is 55.3 Å². The van der Waals surface area contributed by atoms with Crippen molar-refractivity contribution in [1.82, 2.24) is 0 Å². The van der Waals surface area contributed by atoms with E-state index < -0.39 is 15.8 Å². The van der Waals surface area contributed by atoms with Crippen molar-refractivity contribution in [2.75, 3.05) is 10.5 Å². The van der Waals surface area contributed by atoms with Gasteiger partial charge in [0.25, 0.3) is 10.0 Å². The molecule has 2 aromatic carbocycles. The van der Waals surface area contributed by atoms with Crippen molar-refractivity contribution in [3.05, 3.63) is 51.7 Å². The minimum Gasteiger partial charge on any atom is -0.396 e. The second-order valence-electron chi connectivity index (χ2n) is 4.77. The predicted molar refractivity (Wildman–Crippen MR) is 85.2 cm³/mol. The van der Waals surface area contributed by atoms with E-state index in [9.17, 15) is 12.8 Å². The molecule has 0 spiro atoms. The molecule has 0 unspecified atom stereocenters. The average molecular weight is 373 g/mol. The number of aryl methyl sites for hydroxylation is 2. The molecule has 2 rings (SSSR count). The van der Waals surface area contributed by atoms with Crippen LogP contribution in [0.3, 0.4) is 0 Å². The summed E-state index contributed by atoms with van der Waals surface area (Å²) in [6, 6.07) is 7.55. The van der Waals surface area contributed by atoms with Gasteiger partial charge in [0.2, 0.25) is 0 Å². The van der Waals surface area contributed by atoms with Crippen LogP contribution in [0.1, 0.15) is 11.1 Å². The first kappa shape index (κ1) is 15.8. The molecule has 21 heavy (non-hydrogen) atoms. The molecule has 0 heterocycles. The van der Waals surface area contributed by atoms with E-state index >= 15 is 0 Å². The Balaban J connectivity index is 2.43. The number of nitrogens with one attached hydrogen (secondary N) is 1. The topological polar surface area (TPSA) is 72.2 Å². The molecule has 0 saturated heterocycles. The van der Waals surface area contributed by atoms with Gasteiger partial charge in [-0.15, -0.1) is 0 Å². The summed E-state index contributed by atoms with van der Waals surface area (Å²) in [4.78, 5) is -0.0727. The Morgan fingerprint density at radius 3 is 2.38 bits per heavy atom. The Morgan fingerprint density at radius 1 is 1.14 bits per heavy atom. The molecule has 0 aliphatic heterocycles. The monoisotopic (exact) mass is 372 g/mol. The van der Waals surface area contributed by atoms with E-state index in [4.69, 9.17) is 5.73 Å². The quantitative estimate of drug-likeness (QED) is 0.808. The molecule has 112 valence electrons. The van der Waals surface area contributed by atoms with Crippen molar-refractivity contribution >= 4 is 37.3 Å². The van der Waals surface area contributed by atoms with Gasteiger partial charge in [-0.3, -0.25) is 4.72 Å². The van der Waals surface area contributed by atoms with Gasteiger partial charge in [-0.1, -0.05) is 15.9 Å². The molecular weight excluding hydrogens is 359 g/mol. The van der Waals surface area contributed by atoms with Crippen molar-refractivity contribution < 1.29 is 12.8 Å². The first-order valence-electron chi connectivity index (χ1n) is 6.04. The summed E-state index contributed by atoms with van der Waals surface area (Å²) in [7, 11) is -3.83. The average Bonchev–Trinajstić information content (AvgIpc) is 2.33. The highest BCUT2D eigenvalue weighted by Gasteiger charge is 2.18. The molecule has 0 atom stereocenters.